The molecule has 7 atom stereocenters. The number of esters is 1. The number of Topliss-reactive ketones (excluding diaryl/α,β-unsaturated/α-hetero) is 1. The van der Waals surface area contributed by atoms with Gasteiger partial charge in [-0.3, -0.25) is 9.59 Å². The van der Waals surface area contributed by atoms with Crippen molar-refractivity contribution in [1.29, 1.82) is 0 Å². The molecular weight excluding hydrogens is 244 g/mol. The Kier molecular flexibility index (Phi) is 2.25. The van der Waals surface area contributed by atoms with Gasteiger partial charge < -0.3 is 9.84 Å². The van der Waals surface area contributed by atoms with Gasteiger partial charge in [-0.2, -0.15) is 0 Å². The lowest BCUT2D eigenvalue weighted by Gasteiger charge is -2.67. The summed E-state index contributed by atoms with van der Waals surface area (Å²) >= 11 is 0. The lowest BCUT2D eigenvalue weighted by molar-refractivity contribution is -0.228. The van der Waals surface area contributed by atoms with E-state index < -0.39 is 6.10 Å². The molecule has 6 saturated carbocycles. The zero-order chi connectivity index (χ0) is 13.4. The van der Waals surface area contributed by atoms with Crippen molar-refractivity contribution in [3.63, 3.8) is 0 Å². The van der Waals surface area contributed by atoms with Gasteiger partial charge in [0.05, 0.1) is 25.0 Å². The van der Waals surface area contributed by atoms with Crippen LogP contribution in [-0.2, 0) is 14.3 Å². The molecule has 6 fully saturated rings. The Hall–Kier alpha value is -0.900. The number of carbonyl (C=O) groups is 2. The Morgan fingerprint density at radius 3 is 2.89 bits per heavy atom. The van der Waals surface area contributed by atoms with Gasteiger partial charge in [-0.25, -0.2) is 0 Å². The summed E-state index contributed by atoms with van der Waals surface area (Å²) in [5.74, 6) is 0.308. The number of aliphatic hydroxyl groups excluding tert-OH is 1. The van der Waals surface area contributed by atoms with Crippen LogP contribution in [0.25, 0.3) is 0 Å². The smallest absolute Gasteiger partial charge is 0.309 e. The second-order valence-electron chi connectivity index (χ2n) is 6.96. The average Bonchev–Trinajstić information content (AvgIpc) is 2.43. The summed E-state index contributed by atoms with van der Waals surface area (Å²) in [7, 11) is 1.43. The SMILES string of the molecule is COC(=O)C1CC2CC3CC4CCC31C(C2=O)C4O. The van der Waals surface area contributed by atoms with E-state index in [1.165, 1.54) is 7.11 Å². The second kappa shape index (κ2) is 3.60. The second-order valence-corrected chi connectivity index (χ2v) is 6.96. The summed E-state index contributed by atoms with van der Waals surface area (Å²) in [5, 5.41) is 10.5. The molecule has 104 valence electrons. The predicted octanol–water partition coefficient (Wildman–Crippen LogP) is 1.16. The van der Waals surface area contributed by atoms with Crippen LogP contribution in [0.5, 0.6) is 0 Å². The zero-order valence-electron chi connectivity index (χ0n) is 11.2. The van der Waals surface area contributed by atoms with E-state index in [9.17, 15) is 14.7 Å². The summed E-state index contributed by atoms with van der Waals surface area (Å²) < 4.78 is 4.99. The molecule has 19 heavy (non-hydrogen) atoms. The fraction of sp³-hybridized carbons (Fsp3) is 0.867. The number of aliphatic hydroxyl groups is 1. The summed E-state index contributed by atoms with van der Waals surface area (Å²) in [6.07, 6.45) is 3.94. The minimum atomic E-state index is -0.521. The maximum Gasteiger partial charge on any atom is 0.309 e. The highest BCUT2D eigenvalue weighted by molar-refractivity contribution is 5.90. The molecule has 5 bridgehead atoms. The Morgan fingerprint density at radius 2 is 2.16 bits per heavy atom. The van der Waals surface area contributed by atoms with Crippen molar-refractivity contribution in [2.45, 2.75) is 38.2 Å². The largest absolute Gasteiger partial charge is 0.469 e. The first-order chi connectivity index (χ1) is 9.09. The van der Waals surface area contributed by atoms with Crippen LogP contribution in [0.4, 0.5) is 0 Å². The van der Waals surface area contributed by atoms with E-state index in [4.69, 9.17) is 4.74 Å². The van der Waals surface area contributed by atoms with Crippen LogP contribution in [0, 0.1) is 35.0 Å². The Labute approximate surface area is 112 Å². The number of rotatable bonds is 1. The van der Waals surface area contributed by atoms with Gasteiger partial charge >= 0.3 is 5.97 Å². The zero-order valence-corrected chi connectivity index (χ0v) is 11.2. The molecule has 0 aliphatic heterocycles. The van der Waals surface area contributed by atoms with E-state index in [0.717, 1.165) is 25.7 Å². The van der Waals surface area contributed by atoms with Crippen LogP contribution in [0.1, 0.15) is 32.1 Å². The highest BCUT2D eigenvalue weighted by atomic mass is 16.5. The van der Waals surface area contributed by atoms with Gasteiger partial charge in [0.15, 0.2) is 0 Å². The highest BCUT2D eigenvalue weighted by Gasteiger charge is 2.71. The molecular formula is C15H20O4. The number of fused-ring (bicyclic) bond motifs is 2. The number of hydrogen-bond acceptors (Lipinski definition) is 4. The normalized spacial score (nSPS) is 54.3. The van der Waals surface area contributed by atoms with E-state index >= 15 is 0 Å². The fourth-order valence-corrected chi connectivity index (χ4v) is 5.96. The van der Waals surface area contributed by atoms with Crippen LogP contribution in [0.3, 0.4) is 0 Å². The van der Waals surface area contributed by atoms with Crippen molar-refractivity contribution in [3.05, 3.63) is 0 Å². The molecule has 0 aromatic heterocycles. The van der Waals surface area contributed by atoms with Gasteiger partial charge in [0.25, 0.3) is 0 Å². The van der Waals surface area contributed by atoms with E-state index in [-0.39, 0.29) is 40.8 Å². The number of ketones is 1. The average molecular weight is 264 g/mol. The molecule has 1 N–H and O–H groups in total. The molecule has 0 heterocycles. The molecule has 1 spiro atoms. The number of hydrogen-bond donors (Lipinski definition) is 1. The van der Waals surface area contributed by atoms with Crippen LogP contribution < -0.4 is 0 Å². The number of carbonyl (C=O) groups excluding carboxylic acids is 2. The van der Waals surface area contributed by atoms with Crippen molar-refractivity contribution >= 4 is 11.8 Å². The standard InChI is InChI=1S/C15H20O4/c1-19-14(18)10-6-8-5-9-4-7-2-3-15(9,10)11(12(7)16)13(8)17/h7-12,16H,2-6H2,1H3. The molecule has 0 saturated heterocycles. The lowest BCUT2D eigenvalue weighted by atomic mass is 9.36. The molecule has 0 aromatic carbocycles. The van der Waals surface area contributed by atoms with Crippen molar-refractivity contribution in [2.75, 3.05) is 7.11 Å². The molecule has 6 aliphatic carbocycles. The van der Waals surface area contributed by atoms with E-state index in [2.05, 4.69) is 0 Å². The van der Waals surface area contributed by atoms with Gasteiger partial charge in [0.1, 0.15) is 5.78 Å². The molecule has 0 aromatic rings. The minimum absolute atomic E-state index is 0.0188. The van der Waals surface area contributed by atoms with Gasteiger partial charge in [0, 0.05) is 5.92 Å². The Balaban J connectivity index is 1.85. The summed E-state index contributed by atoms with van der Waals surface area (Å²) in [5.41, 5.74) is -0.285. The third-order valence-corrected chi connectivity index (χ3v) is 6.63. The van der Waals surface area contributed by atoms with Crippen LogP contribution in [0.15, 0.2) is 0 Å². The minimum Gasteiger partial charge on any atom is -0.469 e. The molecule has 4 heteroatoms. The molecule has 7 unspecified atom stereocenters. The van der Waals surface area contributed by atoms with E-state index in [0.29, 0.717) is 12.3 Å². The topological polar surface area (TPSA) is 63.6 Å². The molecule has 6 aliphatic rings. The first kappa shape index (κ1) is 11.9. The van der Waals surface area contributed by atoms with Crippen molar-refractivity contribution < 1.29 is 19.4 Å². The molecule has 0 radical (unpaired) electrons. The third-order valence-electron chi connectivity index (χ3n) is 6.63. The van der Waals surface area contributed by atoms with Crippen LogP contribution in [0.2, 0.25) is 0 Å². The lowest BCUT2D eigenvalue weighted by Crippen LogP contribution is -2.70. The first-order valence-corrected chi connectivity index (χ1v) is 7.39. The first-order valence-electron chi connectivity index (χ1n) is 7.39. The molecule has 6 rings (SSSR count). The fourth-order valence-electron chi connectivity index (χ4n) is 5.96. The summed E-state index contributed by atoms with van der Waals surface area (Å²) in [4.78, 5) is 24.7. The molecule has 4 nitrogen and oxygen atoms in total. The van der Waals surface area contributed by atoms with Crippen LogP contribution >= 0.6 is 0 Å². The molecule has 0 amide bonds. The van der Waals surface area contributed by atoms with Crippen molar-refractivity contribution in [2.24, 2.45) is 35.0 Å². The maximum atomic E-state index is 12.5. The van der Waals surface area contributed by atoms with Crippen LogP contribution in [-0.4, -0.2) is 30.1 Å². The highest BCUT2D eigenvalue weighted by Crippen LogP contribution is 2.69. The van der Waals surface area contributed by atoms with Gasteiger partial charge in [-0.15, -0.1) is 0 Å². The van der Waals surface area contributed by atoms with Crippen molar-refractivity contribution in [1.82, 2.24) is 0 Å². The Morgan fingerprint density at radius 1 is 1.37 bits per heavy atom. The number of ether oxygens (including phenoxy) is 1. The predicted molar refractivity (Wildman–Crippen MR) is 66.0 cm³/mol. The maximum absolute atomic E-state index is 12.5. The van der Waals surface area contributed by atoms with Gasteiger partial charge in [-0.1, -0.05) is 0 Å². The summed E-state index contributed by atoms with van der Waals surface area (Å²) in [6, 6.07) is 0. The van der Waals surface area contributed by atoms with E-state index in [1.54, 1.807) is 0 Å². The third kappa shape index (κ3) is 1.20. The van der Waals surface area contributed by atoms with E-state index in [1.807, 2.05) is 0 Å². The quantitative estimate of drug-likeness (QED) is 0.722. The number of methoxy groups -OCH3 is 1. The van der Waals surface area contributed by atoms with Gasteiger partial charge in [0.2, 0.25) is 0 Å². The summed E-state index contributed by atoms with van der Waals surface area (Å²) in [6.45, 7) is 0. The van der Waals surface area contributed by atoms with Crippen molar-refractivity contribution in [3.8, 4) is 0 Å². The Bertz CT molecular complexity index is 459. The van der Waals surface area contributed by atoms with Gasteiger partial charge in [-0.05, 0) is 49.4 Å². The monoisotopic (exact) mass is 264 g/mol.